The van der Waals surface area contributed by atoms with Crippen molar-refractivity contribution >= 4 is 65.1 Å². The molecular weight excluding hydrogens is 923 g/mol. The number of rotatable bonds is 15. The molecule has 66 heavy (non-hydrogen) atoms. The van der Waals surface area contributed by atoms with Crippen LogP contribution < -0.4 is 33.6 Å². The maximum atomic E-state index is 12.4. The molecule has 5 aliphatic rings. The molecule has 18 N–H and O–H groups in total. The lowest BCUT2D eigenvalue weighted by Gasteiger charge is -2.49. The number of hydrogen-bond donors (Lipinski definition) is 14. The SMILES string of the molecule is CC(=O)OCC1=C(C(=O)O)N2C(=O)[C@@H](NC(=O)Cc3cccs3)[C@H]2SC1.CN[C@@H]1[C@H](O[C@H]2[C@H](O[C@@H]3[C@H](O)[C@@H](O)[C@H](N=C(N)N)[C@@H](O)[C@@H]3N=C(N)N)O[C@@H](C)[C@]2(O)C=O)O[C@@H](CO)[C@H](O)[C@H]1O. The number of hydrogen-bond acceptors (Lipinski definition) is 22. The summed E-state index contributed by atoms with van der Waals surface area (Å²) in [6.45, 7) is 1.68. The lowest BCUT2D eigenvalue weighted by Crippen LogP contribution is -2.70. The third kappa shape index (κ3) is 11.1. The van der Waals surface area contributed by atoms with Gasteiger partial charge in [0, 0.05) is 23.1 Å². The van der Waals surface area contributed by atoms with Gasteiger partial charge in [-0.25, -0.2) is 14.8 Å². The van der Waals surface area contributed by atoms with E-state index in [1.165, 1.54) is 44.0 Å². The molecule has 5 heterocycles. The lowest BCUT2D eigenvalue weighted by atomic mass is 9.81. The molecule has 0 radical (unpaired) electrons. The van der Waals surface area contributed by atoms with E-state index < -0.39 is 139 Å². The molecule has 368 valence electrons. The van der Waals surface area contributed by atoms with Crippen LogP contribution in [0.5, 0.6) is 0 Å². The van der Waals surface area contributed by atoms with Gasteiger partial charge in [-0.05, 0) is 25.4 Å². The predicted octanol–water partition coefficient (Wildman–Crippen LogP) is -7.57. The van der Waals surface area contributed by atoms with Crippen LogP contribution in [0.1, 0.15) is 18.7 Å². The van der Waals surface area contributed by atoms with E-state index in [1.807, 2.05) is 17.5 Å². The smallest absolute Gasteiger partial charge is 0.352 e. The van der Waals surface area contributed by atoms with Gasteiger partial charge in [0.25, 0.3) is 5.91 Å². The number of aliphatic carboxylic acids is 1. The maximum absolute atomic E-state index is 12.4. The topological polar surface area (TPSA) is 449 Å². The van der Waals surface area contributed by atoms with E-state index in [9.17, 15) is 64.8 Å². The summed E-state index contributed by atoms with van der Waals surface area (Å²) in [7, 11) is 1.42. The standard InChI is InChI=1S/C21H39N7O12.C16H16N2O6S2/c1-5-21(36,4-30)16(40-17-9(26-2)13(34)10(31)6(3-29)38-17)18(37-5)39-15-8(28-20(24)25)11(32)7(27-19(22)23)12(33)14(15)35;1-8(19)24-6-9-7-26-15-12(14(21)18(15)13(9)16(22)23)17-11(20)5-10-3-2-4-25-10/h4-18,26,29,31-36H,3H2,1-2H3,(H4,22,23,27)(H4,24,25,28);2-4,12,15H,5-7H2,1H3,(H,17,20)(H,22,23)/t5-,6-,7+,8-,9-,10-,11+,12-,13-,14+,15-,16-,17-,18-,21+;12-,15-/m01/s1. The third-order valence-corrected chi connectivity index (χ3v) is 13.5. The fourth-order valence-corrected chi connectivity index (χ4v) is 9.89. The molecular formula is C37H55N9O18S2. The van der Waals surface area contributed by atoms with E-state index >= 15 is 0 Å². The fourth-order valence-electron chi connectivity index (χ4n) is 7.86. The zero-order valence-electron chi connectivity index (χ0n) is 35.5. The Hall–Kier alpha value is -4.60. The number of carbonyl (C=O) groups excluding carboxylic acids is 4. The highest BCUT2D eigenvalue weighted by Crippen LogP contribution is 2.41. The second-order valence-corrected chi connectivity index (χ2v) is 17.8. The highest BCUT2D eigenvalue weighted by atomic mass is 32.2. The minimum atomic E-state index is -2.38. The van der Waals surface area contributed by atoms with Gasteiger partial charge in [0.1, 0.15) is 84.6 Å². The predicted molar refractivity (Wildman–Crippen MR) is 227 cm³/mol. The highest BCUT2D eigenvalue weighted by Gasteiger charge is 2.61. The van der Waals surface area contributed by atoms with Crippen LogP contribution in [-0.2, 0) is 54.1 Å². The number of esters is 1. The number of aliphatic hydroxyl groups is 7. The van der Waals surface area contributed by atoms with Crippen LogP contribution in [0.15, 0.2) is 38.8 Å². The van der Waals surface area contributed by atoms with Crippen LogP contribution in [0.3, 0.4) is 0 Å². The summed E-state index contributed by atoms with van der Waals surface area (Å²) in [5.74, 6) is -3.26. The van der Waals surface area contributed by atoms with Crippen LogP contribution in [0.25, 0.3) is 0 Å². The van der Waals surface area contributed by atoms with E-state index in [4.69, 9.17) is 46.6 Å². The number of nitrogens with two attached hydrogens (primary N) is 4. The Labute approximate surface area is 383 Å². The summed E-state index contributed by atoms with van der Waals surface area (Å²) < 4.78 is 27.8. The number of guanidine groups is 2. The van der Waals surface area contributed by atoms with Gasteiger partial charge in [0.2, 0.25) is 5.91 Å². The van der Waals surface area contributed by atoms with Crippen molar-refractivity contribution < 1.29 is 88.5 Å². The molecule has 6 rings (SSSR count). The van der Waals surface area contributed by atoms with Gasteiger partial charge in [0.15, 0.2) is 36.4 Å². The molecule has 29 heteroatoms. The summed E-state index contributed by atoms with van der Waals surface area (Å²) in [6, 6.07) is -1.16. The average molecular weight is 978 g/mol. The number of carbonyl (C=O) groups is 5. The molecule has 2 amide bonds. The van der Waals surface area contributed by atoms with Gasteiger partial charge in [-0.15, -0.1) is 23.1 Å². The van der Waals surface area contributed by atoms with Crippen LogP contribution in [0.2, 0.25) is 0 Å². The normalized spacial score (nSPS) is 37.3. The largest absolute Gasteiger partial charge is 0.477 e. The number of fused-ring (bicyclic) bond motifs is 1. The summed E-state index contributed by atoms with van der Waals surface area (Å²) in [4.78, 5) is 68.8. The first-order valence-electron chi connectivity index (χ1n) is 20.1. The molecule has 0 unspecified atom stereocenters. The highest BCUT2D eigenvalue weighted by molar-refractivity contribution is 8.00. The van der Waals surface area contributed by atoms with Crippen molar-refractivity contribution in [3.05, 3.63) is 33.7 Å². The fraction of sp³-hybridized carbons (Fsp3) is 0.649. The monoisotopic (exact) mass is 977 g/mol. The molecule has 4 fully saturated rings. The van der Waals surface area contributed by atoms with E-state index in [0.29, 0.717) is 11.3 Å². The summed E-state index contributed by atoms with van der Waals surface area (Å²) in [5, 5.41) is 90.2. The Bertz CT molecular complexity index is 2010. The summed E-state index contributed by atoms with van der Waals surface area (Å²) in [6.07, 6.45) is -17.1. The molecule has 1 aromatic heterocycles. The van der Waals surface area contributed by atoms with Gasteiger partial charge in [0.05, 0.1) is 25.2 Å². The number of thiophene rings is 1. The molecule has 0 aromatic carbocycles. The number of thioether (sulfide) groups is 1. The van der Waals surface area contributed by atoms with Gasteiger partial charge >= 0.3 is 11.9 Å². The van der Waals surface area contributed by atoms with Crippen LogP contribution >= 0.6 is 23.1 Å². The quantitative estimate of drug-likeness (QED) is 0.0255. The van der Waals surface area contributed by atoms with Crippen molar-refractivity contribution in [2.45, 2.75) is 123 Å². The number of carboxylic acids is 1. The van der Waals surface area contributed by atoms with E-state index in [2.05, 4.69) is 20.6 Å². The maximum Gasteiger partial charge on any atom is 0.352 e. The number of likely N-dealkylation sites (N-methyl/N-ethyl adjacent to an activating group) is 1. The number of nitrogens with one attached hydrogen (secondary N) is 2. The molecule has 0 bridgehead atoms. The van der Waals surface area contributed by atoms with E-state index in [-0.39, 0.29) is 30.9 Å². The Morgan fingerprint density at radius 3 is 2.21 bits per heavy atom. The number of ether oxygens (including phenoxy) is 5. The summed E-state index contributed by atoms with van der Waals surface area (Å²) in [5.41, 5.74) is 19.6. The molecule has 27 nitrogen and oxygen atoms in total. The number of β-lactam (4-membered cyclic amide) rings is 1. The van der Waals surface area contributed by atoms with E-state index in [0.717, 1.165) is 9.78 Å². The Morgan fingerprint density at radius 1 is 0.985 bits per heavy atom. The first-order chi connectivity index (χ1) is 31.1. The molecule has 0 spiro atoms. The molecule has 17 atom stereocenters. The molecule has 1 aliphatic carbocycles. The van der Waals surface area contributed by atoms with E-state index in [1.54, 1.807) is 0 Å². The van der Waals surface area contributed by atoms with Crippen molar-refractivity contribution in [1.82, 2.24) is 15.5 Å². The minimum absolute atomic E-state index is 0.140. The van der Waals surface area contributed by atoms with Crippen molar-refractivity contribution in [3.63, 3.8) is 0 Å². The Balaban J connectivity index is 0.000000270. The molecule has 1 saturated carbocycles. The number of carboxylic acid groups (broad SMARTS) is 1. The van der Waals surface area contributed by atoms with Crippen molar-refractivity contribution in [2.75, 3.05) is 26.0 Å². The first-order valence-corrected chi connectivity index (χ1v) is 22.0. The number of aliphatic imine (C=N–C) groups is 2. The average Bonchev–Trinajstić information content (AvgIpc) is 3.86. The van der Waals surface area contributed by atoms with Crippen LogP contribution in [0.4, 0.5) is 0 Å². The van der Waals surface area contributed by atoms with Crippen molar-refractivity contribution in [3.8, 4) is 0 Å². The van der Waals surface area contributed by atoms with Crippen molar-refractivity contribution in [2.24, 2.45) is 32.9 Å². The second-order valence-electron chi connectivity index (χ2n) is 15.6. The summed E-state index contributed by atoms with van der Waals surface area (Å²) >= 11 is 2.79. The Kier molecular flexibility index (Phi) is 17.5. The minimum Gasteiger partial charge on any atom is -0.477 e. The Morgan fingerprint density at radius 2 is 1.65 bits per heavy atom. The molecule has 1 aromatic rings. The third-order valence-electron chi connectivity index (χ3n) is 11.3. The van der Waals surface area contributed by atoms with Crippen molar-refractivity contribution in [1.29, 1.82) is 0 Å². The zero-order valence-corrected chi connectivity index (χ0v) is 37.1. The number of aldehydes is 1. The number of nitrogens with zero attached hydrogens (tertiary/aromatic N) is 3. The van der Waals surface area contributed by atoms with Gasteiger partial charge in [-0.2, -0.15) is 0 Å². The number of aliphatic hydroxyl groups excluding tert-OH is 6. The van der Waals surface area contributed by atoms with Gasteiger partial charge in [-0.1, -0.05) is 6.07 Å². The van der Waals surface area contributed by atoms with Gasteiger partial charge < -0.3 is 98.1 Å². The first kappa shape index (κ1) is 52.4. The van der Waals surface area contributed by atoms with Crippen LogP contribution in [0, 0.1) is 0 Å². The van der Waals surface area contributed by atoms with Gasteiger partial charge in [-0.3, -0.25) is 24.1 Å². The number of amides is 2. The lowest BCUT2D eigenvalue weighted by molar-refractivity contribution is -0.314. The molecule has 3 saturated heterocycles. The second kappa shape index (κ2) is 22.0. The zero-order chi connectivity index (χ0) is 48.9. The van der Waals surface area contributed by atoms with Crippen LogP contribution in [-0.4, -0.2) is 216 Å². The molecule has 4 aliphatic heterocycles.